The zero-order valence-electron chi connectivity index (χ0n) is 13.0. The van der Waals surface area contributed by atoms with Gasteiger partial charge in [0.2, 0.25) is 5.89 Å². The standard InChI is InChI=1S/C18H17ClFN3O/c19-13-3-1-2-12(8-13)16-10-21-6-7-23(16)11-18-22-15-5-4-14(20)9-17(15)24-18/h1-5,8-9,16,21H,6-7,10-11H2. The van der Waals surface area contributed by atoms with Gasteiger partial charge in [0.05, 0.1) is 6.54 Å². The molecule has 1 aromatic heterocycles. The topological polar surface area (TPSA) is 41.3 Å². The van der Waals surface area contributed by atoms with Crippen LogP contribution in [0.15, 0.2) is 46.9 Å². The van der Waals surface area contributed by atoms with Crippen molar-refractivity contribution in [1.29, 1.82) is 0 Å². The first-order valence-electron chi connectivity index (χ1n) is 7.94. The molecule has 0 saturated carbocycles. The highest BCUT2D eigenvalue weighted by atomic mass is 35.5. The Balaban J connectivity index is 1.60. The minimum atomic E-state index is -0.316. The van der Waals surface area contributed by atoms with Crippen molar-refractivity contribution in [2.45, 2.75) is 12.6 Å². The molecule has 6 heteroatoms. The van der Waals surface area contributed by atoms with E-state index in [1.165, 1.54) is 12.1 Å². The van der Waals surface area contributed by atoms with Gasteiger partial charge in [0, 0.05) is 36.8 Å². The Labute approximate surface area is 144 Å². The lowest BCUT2D eigenvalue weighted by atomic mass is 10.0. The second kappa shape index (κ2) is 6.51. The van der Waals surface area contributed by atoms with Crippen molar-refractivity contribution < 1.29 is 8.81 Å². The lowest BCUT2D eigenvalue weighted by Gasteiger charge is -2.35. The Morgan fingerprint density at radius 1 is 1.29 bits per heavy atom. The number of rotatable bonds is 3. The van der Waals surface area contributed by atoms with Crippen LogP contribution in [0.25, 0.3) is 11.1 Å². The van der Waals surface area contributed by atoms with Crippen LogP contribution in [-0.2, 0) is 6.54 Å². The van der Waals surface area contributed by atoms with Gasteiger partial charge in [-0.2, -0.15) is 0 Å². The van der Waals surface area contributed by atoms with Crippen LogP contribution in [0.5, 0.6) is 0 Å². The van der Waals surface area contributed by atoms with Gasteiger partial charge in [-0.25, -0.2) is 9.37 Å². The van der Waals surface area contributed by atoms with E-state index in [0.717, 1.165) is 30.2 Å². The molecule has 0 radical (unpaired) electrons. The Bertz CT molecular complexity index is 866. The first-order chi connectivity index (χ1) is 11.7. The zero-order chi connectivity index (χ0) is 16.5. The van der Waals surface area contributed by atoms with Gasteiger partial charge in [0.25, 0.3) is 0 Å². The average Bonchev–Trinajstić information content (AvgIpc) is 2.96. The lowest BCUT2D eigenvalue weighted by molar-refractivity contribution is 0.141. The van der Waals surface area contributed by atoms with E-state index in [1.54, 1.807) is 6.07 Å². The predicted molar refractivity (Wildman–Crippen MR) is 91.4 cm³/mol. The largest absolute Gasteiger partial charge is 0.439 e. The third-order valence-electron chi connectivity index (χ3n) is 4.32. The van der Waals surface area contributed by atoms with Gasteiger partial charge in [0.15, 0.2) is 5.58 Å². The molecule has 1 N–H and O–H groups in total. The average molecular weight is 346 g/mol. The maximum absolute atomic E-state index is 13.3. The third-order valence-corrected chi connectivity index (χ3v) is 4.56. The molecule has 124 valence electrons. The van der Waals surface area contributed by atoms with Crippen molar-refractivity contribution >= 4 is 22.7 Å². The van der Waals surface area contributed by atoms with E-state index < -0.39 is 0 Å². The van der Waals surface area contributed by atoms with Crippen molar-refractivity contribution in [2.24, 2.45) is 0 Å². The maximum Gasteiger partial charge on any atom is 0.209 e. The highest BCUT2D eigenvalue weighted by Gasteiger charge is 2.25. The van der Waals surface area contributed by atoms with Gasteiger partial charge >= 0.3 is 0 Å². The van der Waals surface area contributed by atoms with Gasteiger partial charge in [-0.1, -0.05) is 23.7 Å². The minimum absolute atomic E-state index is 0.198. The summed E-state index contributed by atoms with van der Waals surface area (Å²) in [5.74, 6) is 0.286. The number of aromatic nitrogens is 1. The van der Waals surface area contributed by atoms with Crippen LogP contribution >= 0.6 is 11.6 Å². The fourth-order valence-electron chi connectivity index (χ4n) is 3.17. The number of nitrogens with one attached hydrogen (secondary N) is 1. The SMILES string of the molecule is Fc1ccc2nc(CN3CCNCC3c3cccc(Cl)c3)oc2c1. The summed E-state index contributed by atoms with van der Waals surface area (Å²) in [4.78, 5) is 6.78. The molecule has 0 spiro atoms. The van der Waals surface area contributed by atoms with E-state index in [1.807, 2.05) is 18.2 Å². The first kappa shape index (κ1) is 15.6. The molecule has 1 aliphatic heterocycles. The second-order valence-corrected chi connectivity index (χ2v) is 6.40. The molecule has 2 aromatic carbocycles. The summed E-state index contributed by atoms with van der Waals surface area (Å²) in [7, 11) is 0. The number of nitrogens with zero attached hydrogens (tertiary/aromatic N) is 2. The fourth-order valence-corrected chi connectivity index (χ4v) is 3.36. The molecular formula is C18H17ClFN3O. The summed E-state index contributed by atoms with van der Waals surface area (Å²) < 4.78 is 19.0. The summed E-state index contributed by atoms with van der Waals surface area (Å²) >= 11 is 6.13. The molecule has 24 heavy (non-hydrogen) atoms. The summed E-state index contributed by atoms with van der Waals surface area (Å²) in [6, 6.07) is 12.5. The highest BCUT2D eigenvalue weighted by Crippen LogP contribution is 2.27. The van der Waals surface area contributed by atoms with Crippen LogP contribution in [0.4, 0.5) is 4.39 Å². The normalized spacial score (nSPS) is 19.0. The third kappa shape index (κ3) is 3.15. The number of piperazine rings is 1. The molecule has 0 bridgehead atoms. The van der Waals surface area contributed by atoms with E-state index in [9.17, 15) is 4.39 Å². The summed E-state index contributed by atoms with van der Waals surface area (Å²) in [6.45, 7) is 3.21. The van der Waals surface area contributed by atoms with Gasteiger partial charge in [-0.05, 0) is 29.8 Å². The van der Waals surface area contributed by atoms with Crippen LogP contribution in [0.1, 0.15) is 17.5 Å². The van der Waals surface area contributed by atoms with E-state index in [4.69, 9.17) is 16.0 Å². The molecule has 3 aromatic rings. The van der Waals surface area contributed by atoms with Gasteiger partial charge in [-0.3, -0.25) is 4.90 Å². The number of oxazole rings is 1. The van der Waals surface area contributed by atoms with E-state index in [0.29, 0.717) is 23.5 Å². The molecule has 1 aliphatic rings. The number of halogens is 2. The molecule has 2 heterocycles. The molecular weight excluding hydrogens is 329 g/mol. The molecule has 1 saturated heterocycles. The number of hydrogen-bond acceptors (Lipinski definition) is 4. The van der Waals surface area contributed by atoms with Crippen LogP contribution in [0.3, 0.4) is 0 Å². The second-order valence-electron chi connectivity index (χ2n) is 5.97. The molecule has 0 aliphatic carbocycles. The quantitative estimate of drug-likeness (QED) is 0.784. The summed E-state index contributed by atoms with van der Waals surface area (Å²) in [6.07, 6.45) is 0. The molecule has 1 unspecified atom stereocenters. The summed E-state index contributed by atoms with van der Waals surface area (Å²) in [5, 5.41) is 4.15. The smallest absolute Gasteiger partial charge is 0.209 e. The first-order valence-corrected chi connectivity index (χ1v) is 8.32. The van der Waals surface area contributed by atoms with Crippen molar-refractivity contribution in [3.8, 4) is 0 Å². The monoisotopic (exact) mass is 345 g/mol. The van der Waals surface area contributed by atoms with Crippen molar-refractivity contribution in [2.75, 3.05) is 19.6 Å². The predicted octanol–water partition coefficient (Wildman–Crippen LogP) is 3.77. The number of fused-ring (bicyclic) bond motifs is 1. The van der Waals surface area contributed by atoms with Gasteiger partial charge in [-0.15, -0.1) is 0 Å². The zero-order valence-corrected chi connectivity index (χ0v) is 13.8. The molecule has 0 amide bonds. The number of benzene rings is 2. The Morgan fingerprint density at radius 2 is 2.21 bits per heavy atom. The van der Waals surface area contributed by atoms with Crippen molar-refractivity contribution in [1.82, 2.24) is 15.2 Å². The highest BCUT2D eigenvalue weighted by molar-refractivity contribution is 6.30. The van der Waals surface area contributed by atoms with E-state index >= 15 is 0 Å². The molecule has 1 atom stereocenters. The van der Waals surface area contributed by atoms with Crippen molar-refractivity contribution in [3.05, 3.63) is 64.8 Å². The minimum Gasteiger partial charge on any atom is -0.439 e. The summed E-state index contributed by atoms with van der Waals surface area (Å²) in [5.41, 5.74) is 2.33. The molecule has 1 fully saturated rings. The van der Waals surface area contributed by atoms with Crippen LogP contribution < -0.4 is 5.32 Å². The van der Waals surface area contributed by atoms with Crippen LogP contribution in [0, 0.1) is 5.82 Å². The Morgan fingerprint density at radius 3 is 3.08 bits per heavy atom. The maximum atomic E-state index is 13.3. The molecule has 4 rings (SSSR count). The van der Waals surface area contributed by atoms with E-state index in [-0.39, 0.29) is 11.9 Å². The van der Waals surface area contributed by atoms with Crippen LogP contribution in [0.2, 0.25) is 5.02 Å². The fraction of sp³-hybridized carbons (Fsp3) is 0.278. The lowest BCUT2D eigenvalue weighted by Crippen LogP contribution is -2.45. The number of hydrogen-bond donors (Lipinski definition) is 1. The van der Waals surface area contributed by atoms with E-state index in [2.05, 4.69) is 21.3 Å². The van der Waals surface area contributed by atoms with Crippen molar-refractivity contribution in [3.63, 3.8) is 0 Å². The van der Waals surface area contributed by atoms with Crippen LogP contribution in [-0.4, -0.2) is 29.5 Å². The Kier molecular flexibility index (Phi) is 4.22. The molecule has 4 nitrogen and oxygen atoms in total. The Hall–Kier alpha value is -1.95. The van der Waals surface area contributed by atoms with Gasteiger partial charge in [0.1, 0.15) is 11.3 Å². The van der Waals surface area contributed by atoms with Gasteiger partial charge < -0.3 is 9.73 Å².